The van der Waals surface area contributed by atoms with Crippen LogP contribution in [0.5, 0.6) is 0 Å². The van der Waals surface area contributed by atoms with Gasteiger partial charge in [-0.15, -0.1) is 0 Å². The summed E-state index contributed by atoms with van der Waals surface area (Å²) in [5.41, 5.74) is 1.73. The van der Waals surface area contributed by atoms with E-state index < -0.39 is 5.91 Å². The van der Waals surface area contributed by atoms with Gasteiger partial charge in [0, 0.05) is 43.5 Å². The molecule has 0 fully saturated rings. The van der Waals surface area contributed by atoms with Crippen LogP contribution in [0.3, 0.4) is 0 Å². The summed E-state index contributed by atoms with van der Waals surface area (Å²) in [4.78, 5) is 29.9. The largest absolute Gasteiger partial charge is 0.465 e. The monoisotopic (exact) mass is 440 g/mol. The Balaban J connectivity index is 1.40. The number of furan rings is 1. The number of carbonyl (C=O) groups excluding carboxylic acids is 2. The van der Waals surface area contributed by atoms with Gasteiger partial charge in [0.25, 0.3) is 11.8 Å². The van der Waals surface area contributed by atoms with Crippen LogP contribution in [-0.2, 0) is 17.8 Å². The maximum absolute atomic E-state index is 12.9. The van der Waals surface area contributed by atoms with E-state index >= 15 is 0 Å². The fourth-order valence-electron chi connectivity index (χ4n) is 3.33. The average molecular weight is 441 g/mol. The predicted molar refractivity (Wildman–Crippen MR) is 125 cm³/mol. The second kappa shape index (κ2) is 10.8. The first-order chi connectivity index (χ1) is 16.2. The van der Waals surface area contributed by atoms with Crippen LogP contribution in [0.15, 0.2) is 102 Å². The number of imidazole rings is 1. The first kappa shape index (κ1) is 21.8. The van der Waals surface area contributed by atoms with Crippen LogP contribution in [-0.4, -0.2) is 27.9 Å². The Kier molecular flexibility index (Phi) is 7.12. The Hall–Kier alpha value is -4.39. The van der Waals surface area contributed by atoms with E-state index in [1.54, 1.807) is 42.6 Å². The van der Waals surface area contributed by atoms with E-state index in [0.29, 0.717) is 30.8 Å². The van der Waals surface area contributed by atoms with Gasteiger partial charge in [-0.25, -0.2) is 4.98 Å². The van der Waals surface area contributed by atoms with Crippen molar-refractivity contribution in [2.75, 3.05) is 6.54 Å². The van der Waals surface area contributed by atoms with Crippen LogP contribution >= 0.6 is 0 Å². The molecule has 0 aliphatic rings. The third-order valence-corrected chi connectivity index (χ3v) is 4.99. The molecule has 0 atom stereocenters. The Morgan fingerprint density at radius 2 is 1.73 bits per heavy atom. The molecule has 0 aliphatic heterocycles. The second-order valence-electron chi connectivity index (χ2n) is 7.36. The molecule has 0 bridgehead atoms. The average Bonchev–Trinajstić information content (AvgIpc) is 3.52. The number of nitrogens with zero attached hydrogens (tertiary/aromatic N) is 2. The molecule has 2 aromatic carbocycles. The lowest BCUT2D eigenvalue weighted by Gasteiger charge is -2.12. The second-order valence-corrected chi connectivity index (χ2v) is 7.36. The quantitative estimate of drug-likeness (QED) is 0.389. The van der Waals surface area contributed by atoms with Gasteiger partial charge in [-0.3, -0.25) is 9.59 Å². The van der Waals surface area contributed by atoms with Gasteiger partial charge in [0.15, 0.2) is 0 Å². The van der Waals surface area contributed by atoms with Crippen molar-refractivity contribution in [3.8, 4) is 0 Å². The standard InChI is InChI=1S/C26H24N4O3/c31-25(21-10-5-2-6-11-21)29-23(18-22-12-7-17-33-22)26(32)28-14-13-24-27-15-16-30(24)19-20-8-3-1-4-9-20/h1-12,15-18H,13-14,19H2,(H,28,32)(H,29,31). The highest BCUT2D eigenvalue weighted by Crippen LogP contribution is 2.09. The van der Waals surface area contributed by atoms with E-state index in [0.717, 1.165) is 5.82 Å². The number of nitrogens with one attached hydrogen (secondary N) is 2. The van der Waals surface area contributed by atoms with Gasteiger partial charge in [0.1, 0.15) is 17.3 Å². The summed E-state index contributed by atoms with van der Waals surface area (Å²) in [7, 11) is 0. The van der Waals surface area contributed by atoms with Gasteiger partial charge in [-0.2, -0.15) is 0 Å². The molecule has 2 heterocycles. The van der Waals surface area contributed by atoms with Crippen LogP contribution in [0.25, 0.3) is 6.08 Å². The van der Waals surface area contributed by atoms with E-state index in [9.17, 15) is 9.59 Å². The zero-order chi connectivity index (χ0) is 22.9. The molecule has 4 rings (SSSR count). The van der Waals surface area contributed by atoms with Gasteiger partial charge >= 0.3 is 0 Å². The lowest BCUT2D eigenvalue weighted by atomic mass is 10.2. The number of benzene rings is 2. The molecule has 2 aromatic heterocycles. The van der Waals surface area contributed by atoms with Crippen molar-refractivity contribution < 1.29 is 14.0 Å². The summed E-state index contributed by atoms with van der Waals surface area (Å²) >= 11 is 0. The molecule has 2 amide bonds. The van der Waals surface area contributed by atoms with Crippen molar-refractivity contribution in [1.29, 1.82) is 0 Å². The molecule has 2 N–H and O–H groups in total. The third kappa shape index (κ3) is 6.07. The molecule has 33 heavy (non-hydrogen) atoms. The van der Waals surface area contributed by atoms with Crippen molar-refractivity contribution in [3.05, 3.63) is 120 Å². The lowest BCUT2D eigenvalue weighted by molar-refractivity contribution is -0.117. The van der Waals surface area contributed by atoms with E-state index in [2.05, 4.69) is 32.3 Å². The minimum atomic E-state index is -0.406. The summed E-state index contributed by atoms with van der Waals surface area (Å²) in [5, 5.41) is 5.55. The number of amides is 2. The highest BCUT2D eigenvalue weighted by Gasteiger charge is 2.15. The fourth-order valence-corrected chi connectivity index (χ4v) is 3.33. The normalized spacial score (nSPS) is 11.2. The van der Waals surface area contributed by atoms with E-state index in [1.165, 1.54) is 17.9 Å². The maximum atomic E-state index is 12.9. The first-order valence-corrected chi connectivity index (χ1v) is 10.6. The highest BCUT2D eigenvalue weighted by molar-refractivity contribution is 6.05. The summed E-state index contributed by atoms with van der Waals surface area (Å²) in [5.74, 6) is 0.551. The number of carbonyl (C=O) groups is 2. The van der Waals surface area contributed by atoms with Gasteiger partial charge in [-0.1, -0.05) is 48.5 Å². The Morgan fingerprint density at radius 1 is 0.970 bits per heavy atom. The van der Waals surface area contributed by atoms with Gasteiger partial charge in [-0.05, 0) is 29.8 Å². The van der Waals surface area contributed by atoms with Crippen LogP contribution in [0.2, 0.25) is 0 Å². The predicted octanol–water partition coefficient (Wildman–Crippen LogP) is 3.65. The topological polar surface area (TPSA) is 89.2 Å². The van der Waals surface area contributed by atoms with Crippen LogP contribution in [0.1, 0.15) is 27.5 Å². The van der Waals surface area contributed by atoms with Crippen LogP contribution < -0.4 is 10.6 Å². The number of aromatic nitrogens is 2. The molecular formula is C26H24N4O3. The molecular weight excluding hydrogens is 416 g/mol. The molecule has 0 aliphatic carbocycles. The minimum Gasteiger partial charge on any atom is -0.465 e. The SMILES string of the molecule is O=C(NCCc1nccn1Cc1ccccc1)C(=Cc1ccco1)NC(=O)c1ccccc1. The van der Waals surface area contributed by atoms with Crippen molar-refractivity contribution >= 4 is 17.9 Å². The fraction of sp³-hybridized carbons (Fsp3) is 0.115. The molecule has 0 radical (unpaired) electrons. The number of hydrogen-bond donors (Lipinski definition) is 2. The molecule has 0 unspecified atom stereocenters. The van der Waals surface area contributed by atoms with E-state index in [4.69, 9.17) is 4.42 Å². The highest BCUT2D eigenvalue weighted by atomic mass is 16.3. The van der Waals surface area contributed by atoms with Crippen LogP contribution in [0.4, 0.5) is 0 Å². The van der Waals surface area contributed by atoms with Crippen molar-refractivity contribution in [2.45, 2.75) is 13.0 Å². The molecule has 0 saturated carbocycles. The summed E-state index contributed by atoms with van der Waals surface area (Å²) in [6, 6.07) is 22.3. The molecule has 7 heteroatoms. The maximum Gasteiger partial charge on any atom is 0.267 e. The van der Waals surface area contributed by atoms with E-state index in [-0.39, 0.29) is 11.6 Å². The minimum absolute atomic E-state index is 0.103. The first-order valence-electron chi connectivity index (χ1n) is 10.6. The molecule has 0 saturated heterocycles. The van der Waals surface area contributed by atoms with Gasteiger partial charge < -0.3 is 19.6 Å². The third-order valence-electron chi connectivity index (χ3n) is 4.99. The van der Waals surface area contributed by atoms with Crippen molar-refractivity contribution in [2.24, 2.45) is 0 Å². The smallest absolute Gasteiger partial charge is 0.267 e. The number of rotatable bonds is 9. The zero-order valence-electron chi connectivity index (χ0n) is 18.0. The summed E-state index contributed by atoms with van der Waals surface area (Å²) in [6.07, 6.45) is 7.24. The lowest BCUT2D eigenvalue weighted by Crippen LogP contribution is -2.36. The van der Waals surface area contributed by atoms with Gasteiger partial charge in [0.05, 0.1) is 6.26 Å². The van der Waals surface area contributed by atoms with E-state index in [1.807, 2.05) is 30.5 Å². The Morgan fingerprint density at radius 3 is 2.45 bits per heavy atom. The number of hydrogen-bond acceptors (Lipinski definition) is 4. The summed E-state index contributed by atoms with van der Waals surface area (Å²) < 4.78 is 7.37. The molecule has 166 valence electrons. The van der Waals surface area contributed by atoms with Crippen molar-refractivity contribution in [3.63, 3.8) is 0 Å². The van der Waals surface area contributed by atoms with Crippen LogP contribution in [0, 0.1) is 0 Å². The van der Waals surface area contributed by atoms with Gasteiger partial charge in [0.2, 0.25) is 0 Å². The summed E-state index contributed by atoms with van der Waals surface area (Å²) in [6.45, 7) is 1.07. The Bertz CT molecular complexity index is 1210. The van der Waals surface area contributed by atoms with Crippen molar-refractivity contribution in [1.82, 2.24) is 20.2 Å². The molecule has 7 nitrogen and oxygen atoms in total. The Labute approximate surface area is 191 Å². The molecule has 0 spiro atoms. The zero-order valence-corrected chi connectivity index (χ0v) is 18.0. The molecule has 4 aromatic rings.